The lowest BCUT2D eigenvalue weighted by Gasteiger charge is -2.26. The average Bonchev–Trinajstić information content (AvgIpc) is 2.30. The Balaban J connectivity index is 0. The molecule has 1 rings (SSSR count). The van der Waals surface area contributed by atoms with E-state index in [9.17, 15) is 0 Å². The second-order valence-corrected chi connectivity index (χ2v) is 5.07. The van der Waals surface area contributed by atoms with Crippen molar-refractivity contribution in [2.45, 2.75) is 67.2 Å². The third-order valence-corrected chi connectivity index (χ3v) is 2.34. The summed E-state index contributed by atoms with van der Waals surface area (Å²) in [6, 6.07) is 0. The van der Waals surface area contributed by atoms with Gasteiger partial charge in [-0.15, -0.1) is 0 Å². The van der Waals surface area contributed by atoms with Crippen LogP contribution in [-0.2, 0) is 0 Å². The Hall–Kier alpha value is -0.0400. The largest absolute Gasteiger partial charge is 0.306 e. The third kappa shape index (κ3) is 11.9. The fraction of sp³-hybridized carbons (Fsp3) is 1.00. The maximum atomic E-state index is 2.45. The summed E-state index contributed by atoms with van der Waals surface area (Å²) in [5.74, 6) is 0. The van der Waals surface area contributed by atoms with Crippen LogP contribution in [0.4, 0.5) is 0 Å². The first kappa shape index (κ1) is 17.4. The summed E-state index contributed by atoms with van der Waals surface area (Å²) < 4.78 is 0. The molecule has 0 N–H and O–H groups in total. The topological polar surface area (TPSA) is 3.24 Å². The predicted octanol–water partition coefficient (Wildman–Crippen LogP) is 4.57. The van der Waals surface area contributed by atoms with Crippen molar-refractivity contribution in [3.05, 3.63) is 0 Å². The zero-order chi connectivity index (χ0) is 12.3. The molecule has 15 heavy (non-hydrogen) atoms. The number of hydrogen-bond acceptors (Lipinski definition) is 1. The van der Waals surface area contributed by atoms with Crippen molar-refractivity contribution in [3.63, 3.8) is 0 Å². The van der Waals surface area contributed by atoms with Crippen molar-refractivity contribution in [1.82, 2.24) is 4.90 Å². The van der Waals surface area contributed by atoms with E-state index >= 15 is 0 Å². The summed E-state index contributed by atoms with van der Waals surface area (Å²) in [4.78, 5) is 2.45. The van der Waals surface area contributed by atoms with Gasteiger partial charge >= 0.3 is 0 Å². The fourth-order valence-corrected chi connectivity index (χ4v) is 1.87. The highest BCUT2D eigenvalue weighted by Crippen LogP contribution is 2.26. The van der Waals surface area contributed by atoms with Gasteiger partial charge in [-0.3, -0.25) is 0 Å². The minimum Gasteiger partial charge on any atom is -0.306 e. The molecule has 0 amide bonds. The van der Waals surface area contributed by atoms with Crippen LogP contribution in [0.5, 0.6) is 0 Å². The van der Waals surface area contributed by atoms with E-state index in [4.69, 9.17) is 0 Å². The van der Waals surface area contributed by atoms with Gasteiger partial charge in [-0.05, 0) is 31.8 Å². The third-order valence-electron chi connectivity index (χ3n) is 2.34. The van der Waals surface area contributed by atoms with Crippen LogP contribution in [0.3, 0.4) is 0 Å². The smallest absolute Gasteiger partial charge is 0.00296 e. The number of hydrogen-bond donors (Lipinski definition) is 0. The zero-order valence-corrected chi connectivity index (χ0v) is 12.2. The van der Waals surface area contributed by atoms with Gasteiger partial charge in [-0.2, -0.15) is 0 Å². The molecule has 0 aromatic heterocycles. The molecule has 0 atom stereocenters. The summed E-state index contributed by atoms with van der Waals surface area (Å²) in [6.45, 7) is 15.6. The standard InChI is InChI=1S/C9H19N.C3H8.C2H6/c1-9(2)6-4-5-7-10(3)8-9;1-3-2;1-2/h4-8H2,1-3H3;3H2,1-2H3;1-2H3. The Morgan fingerprint density at radius 2 is 1.53 bits per heavy atom. The quantitative estimate of drug-likeness (QED) is 0.572. The van der Waals surface area contributed by atoms with Crippen molar-refractivity contribution < 1.29 is 0 Å². The van der Waals surface area contributed by atoms with Crippen LogP contribution >= 0.6 is 0 Å². The van der Waals surface area contributed by atoms with Crippen molar-refractivity contribution in [2.75, 3.05) is 20.1 Å². The highest BCUT2D eigenvalue weighted by atomic mass is 15.1. The molecule has 0 saturated carbocycles. The van der Waals surface area contributed by atoms with E-state index < -0.39 is 0 Å². The van der Waals surface area contributed by atoms with Crippen LogP contribution in [0.2, 0.25) is 0 Å². The lowest BCUT2D eigenvalue weighted by Crippen LogP contribution is -2.29. The molecule has 1 heteroatoms. The van der Waals surface area contributed by atoms with Crippen LogP contribution in [0.1, 0.15) is 67.2 Å². The molecule has 1 fully saturated rings. The molecule has 0 bridgehead atoms. The Bertz CT molecular complexity index is 119. The molecule has 1 aliphatic heterocycles. The van der Waals surface area contributed by atoms with Gasteiger partial charge in [-0.1, -0.05) is 54.4 Å². The van der Waals surface area contributed by atoms with Gasteiger partial charge in [0.15, 0.2) is 0 Å². The Labute approximate surface area is 98.2 Å². The van der Waals surface area contributed by atoms with Gasteiger partial charge in [0.05, 0.1) is 0 Å². The molecule has 1 nitrogen and oxygen atoms in total. The van der Waals surface area contributed by atoms with Gasteiger partial charge in [0.1, 0.15) is 0 Å². The molecule has 0 aliphatic carbocycles. The zero-order valence-electron chi connectivity index (χ0n) is 12.2. The van der Waals surface area contributed by atoms with Gasteiger partial charge in [0, 0.05) is 6.54 Å². The van der Waals surface area contributed by atoms with Crippen molar-refractivity contribution in [1.29, 1.82) is 0 Å². The molecule has 0 radical (unpaired) electrons. The maximum Gasteiger partial charge on any atom is 0.00296 e. The highest BCUT2D eigenvalue weighted by molar-refractivity contribution is 4.75. The summed E-state index contributed by atoms with van der Waals surface area (Å²) in [7, 11) is 2.23. The number of likely N-dealkylation sites (tertiary alicyclic amines) is 1. The maximum absolute atomic E-state index is 2.45. The van der Waals surface area contributed by atoms with Crippen LogP contribution in [-0.4, -0.2) is 25.0 Å². The van der Waals surface area contributed by atoms with Gasteiger partial charge in [-0.25, -0.2) is 0 Å². The second kappa shape index (κ2) is 10.5. The van der Waals surface area contributed by atoms with Crippen LogP contribution in [0, 0.1) is 5.41 Å². The van der Waals surface area contributed by atoms with Gasteiger partial charge in [0.2, 0.25) is 0 Å². The molecule has 0 spiro atoms. The van der Waals surface area contributed by atoms with E-state index in [2.05, 4.69) is 39.6 Å². The summed E-state index contributed by atoms with van der Waals surface area (Å²) in [5, 5.41) is 0. The first-order valence-electron chi connectivity index (χ1n) is 6.70. The Morgan fingerprint density at radius 1 is 1.07 bits per heavy atom. The van der Waals surface area contributed by atoms with Crippen LogP contribution in [0.25, 0.3) is 0 Å². The molecule has 1 saturated heterocycles. The van der Waals surface area contributed by atoms with Gasteiger partial charge in [0.25, 0.3) is 0 Å². The molecule has 0 aromatic rings. The van der Waals surface area contributed by atoms with Crippen molar-refractivity contribution in [2.24, 2.45) is 5.41 Å². The number of nitrogens with zero attached hydrogens (tertiary/aromatic N) is 1. The lowest BCUT2D eigenvalue weighted by atomic mass is 9.88. The van der Waals surface area contributed by atoms with Crippen LogP contribution < -0.4 is 0 Å². The Morgan fingerprint density at radius 3 is 2.00 bits per heavy atom. The molecular formula is C14H33N. The van der Waals surface area contributed by atoms with E-state index in [1.165, 1.54) is 38.8 Å². The minimum atomic E-state index is 0.561. The molecule has 94 valence electrons. The number of rotatable bonds is 0. The van der Waals surface area contributed by atoms with Crippen molar-refractivity contribution in [3.8, 4) is 0 Å². The average molecular weight is 215 g/mol. The van der Waals surface area contributed by atoms with Gasteiger partial charge < -0.3 is 4.90 Å². The fourth-order valence-electron chi connectivity index (χ4n) is 1.87. The summed E-state index contributed by atoms with van der Waals surface area (Å²) >= 11 is 0. The highest BCUT2D eigenvalue weighted by Gasteiger charge is 2.21. The SMILES string of the molecule is CC.CCC.CN1CCCCC(C)(C)C1. The summed E-state index contributed by atoms with van der Waals surface area (Å²) in [6.07, 6.45) is 5.45. The van der Waals surface area contributed by atoms with E-state index in [0.29, 0.717) is 5.41 Å². The van der Waals surface area contributed by atoms with E-state index in [0.717, 1.165) is 0 Å². The molecule has 1 heterocycles. The molecule has 1 aliphatic rings. The first-order chi connectivity index (χ1) is 7.02. The lowest BCUT2D eigenvalue weighted by molar-refractivity contribution is 0.228. The second-order valence-electron chi connectivity index (χ2n) is 5.07. The van der Waals surface area contributed by atoms with Crippen molar-refractivity contribution >= 4 is 0 Å². The van der Waals surface area contributed by atoms with E-state index in [1.54, 1.807) is 0 Å². The van der Waals surface area contributed by atoms with E-state index in [-0.39, 0.29) is 0 Å². The van der Waals surface area contributed by atoms with E-state index in [1.807, 2.05) is 13.8 Å². The predicted molar refractivity (Wildman–Crippen MR) is 72.4 cm³/mol. The normalized spacial score (nSPS) is 20.2. The van der Waals surface area contributed by atoms with Crippen LogP contribution in [0.15, 0.2) is 0 Å². The summed E-state index contributed by atoms with van der Waals surface area (Å²) in [5.41, 5.74) is 0.561. The first-order valence-corrected chi connectivity index (χ1v) is 6.70. The minimum absolute atomic E-state index is 0.561. The molecule has 0 unspecified atom stereocenters. The monoisotopic (exact) mass is 215 g/mol. The Kier molecular flexibility index (Phi) is 12.1. The molecule has 0 aromatic carbocycles. The molecular weight excluding hydrogens is 182 g/mol.